The third kappa shape index (κ3) is 1.29. The molecule has 0 aliphatic heterocycles. The van der Waals surface area contributed by atoms with Crippen LogP contribution in [0.15, 0.2) is 6.20 Å². The van der Waals surface area contributed by atoms with Crippen molar-refractivity contribution in [3.05, 3.63) is 22.2 Å². The zero-order valence-electron chi connectivity index (χ0n) is 7.13. The summed E-state index contributed by atoms with van der Waals surface area (Å²) >= 11 is 5.04. The minimum Gasteiger partial charge on any atom is -0.350 e. The number of aromatic nitrogens is 2. The van der Waals surface area contributed by atoms with Gasteiger partial charge in [0.25, 0.3) is 0 Å². The minimum absolute atomic E-state index is 0.690. The van der Waals surface area contributed by atoms with E-state index in [2.05, 4.69) is 9.97 Å². The van der Waals surface area contributed by atoms with Gasteiger partial charge in [0.05, 0.1) is 11.4 Å². The van der Waals surface area contributed by atoms with E-state index in [1.165, 1.54) is 25.0 Å². The van der Waals surface area contributed by atoms with E-state index in [1.807, 2.05) is 13.1 Å². The molecule has 12 heavy (non-hydrogen) atoms. The Hall–Kier alpha value is -0.700. The first-order chi connectivity index (χ1) is 5.77. The zero-order chi connectivity index (χ0) is 8.55. The van der Waals surface area contributed by atoms with Crippen LogP contribution in [-0.4, -0.2) is 9.97 Å². The molecule has 0 aromatic carbocycles. The molecule has 2 rings (SSSR count). The minimum atomic E-state index is 0.690. The normalized spacial score (nSPS) is 17.4. The SMILES string of the molecule is Cc1nc(C2CCC2)c[nH]c1=S. The monoisotopic (exact) mass is 180 g/mol. The lowest BCUT2D eigenvalue weighted by Crippen LogP contribution is -2.11. The molecule has 2 nitrogen and oxygen atoms in total. The molecule has 0 saturated heterocycles. The predicted octanol–water partition coefficient (Wildman–Crippen LogP) is 2.72. The summed E-state index contributed by atoms with van der Waals surface area (Å²) in [6.45, 7) is 1.96. The van der Waals surface area contributed by atoms with E-state index in [-0.39, 0.29) is 0 Å². The molecule has 1 heterocycles. The van der Waals surface area contributed by atoms with E-state index < -0.39 is 0 Å². The second-order valence-electron chi connectivity index (χ2n) is 3.37. The van der Waals surface area contributed by atoms with Gasteiger partial charge in [-0.05, 0) is 19.8 Å². The van der Waals surface area contributed by atoms with Gasteiger partial charge in [0.1, 0.15) is 4.64 Å². The van der Waals surface area contributed by atoms with Crippen LogP contribution in [0.3, 0.4) is 0 Å². The number of aromatic amines is 1. The lowest BCUT2D eigenvalue weighted by atomic mass is 9.83. The third-order valence-corrected chi connectivity index (χ3v) is 2.91. The van der Waals surface area contributed by atoms with Crippen molar-refractivity contribution >= 4 is 12.2 Å². The molecule has 0 spiro atoms. The van der Waals surface area contributed by atoms with Gasteiger partial charge >= 0.3 is 0 Å². The summed E-state index contributed by atoms with van der Waals surface area (Å²) < 4.78 is 0.762. The molecular weight excluding hydrogens is 168 g/mol. The summed E-state index contributed by atoms with van der Waals surface area (Å²) in [5, 5.41) is 0. The Labute approximate surface area is 77.0 Å². The molecule has 3 heteroatoms. The Morgan fingerprint density at radius 3 is 2.83 bits per heavy atom. The molecule has 1 N–H and O–H groups in total. The van der Waals surface area contributed by atoms with Gasteiger partial charge in [0.2, 0.25) is 0 Å². The Morgan fingerprint density at radius 1 is 1.58 bits per heavy atom. The van der Waals surface area contributed by atoms with Gasteiger partial charge in [0, 0.05) is 12.1 Å². The van der Waals surface area contributed by atoms with E-state index in [0.29, 0.717) is 5.92 Å². The van der Waals surface area contributed by atoms with Crippen LogP contribution in [-0.2, 0) is 0 Å². The molecule has 1 aliphatic rings. The fourth-order valence-corrected chi connectivity index (χ4v) is 1.54. The van der Waals surface area contributed by atoms with Crippen molar-refractivity contribution in [1.29, 1.82) is 0 Å². The largest absolute Gasteiger partial charge is 0.350 e. The molecule has 1 saturated carbocycles. The number of nitrogens with one attached hydrogen (secondary N) is 1. The summed E-state index contributed by atoms with van der Waals surface area (Å²) in [6, 6.07) is 0. The number of hydrogen-bond acceptors (Lipinski definition) is 2. The number of hydrogen-bond donors (Lipinski definition) is 1. The lowest BCUT2D eigenvalue weighted by Gasteiger charge is -2.24. The highest BCUT2D eigenvalue weighted by Gasteiger charge is 2.20. The van der Waals surface area contributed by atoms with Gasteiger partial charge in [-0.15, -0.1) is 0 Å². The topological polar surface area (TPSA) is 28.7 Å². The predicted molar refractivity (Wildman–Crippen MR) is 50.8 cm³/mol. The molecule has 0 atom stereocenters. The average molecular weight is 180 g/mol. The van der Waals surface area contributed by atoms with Crippen LogP contribution in [0.1, 0.15) is 36.6 Å². The maximum Gasteiger partial charge on any atom is 0.124 e. The number of H-pyrrole nitrogens is 1. The lowest BCUT2D eigenvalue weighted by molar-refractivity contribution is 0.409. The van der Waals surface area contributed by atoms with Crippen molar-refractivity contribution in [3.8, 4) is 0 Å². The fraction of sp³-hybridized carbons (Fsp3) is 0.556. The molecule has 0 amide bonds. The first-order valence-electron chi connectivity index (χ1n) is 4.33. The molecule has 0 radical (unpaired) electrons. The van der Waals surface area contributed by atoms with Gasteiger partial charge in [-0.2, -0.15) is 0 Å². The Kier molecular flexibility index (Phi) is 1.97. The first-order valence-corrected chi connectivity index (χ1v) is 4.74. The van der Waals surface area contributed by atoms with E-state index in [1.54, 1.807) is 0 Å². The summed E-state index contributed by atoms with van der Waals surface area (Å²) in [5.74, 6) is 0.690. The van der Waals surface area contributed by atoms with Crippen molar-refractivity contribution in [2.24, 2.45) is 0 Å². The summed E-state index contributed by atoms with van der Waals surface area (Å²) in [4.78, 5) is 7.53. The number of rotatable bonds is 1. The second-order valence-corrected chi connectivity index (χ2v) is 3.78. The van der Waals surface area contributed by atoms with Crippen molar-refractivity contribution < 1.29 is 0 Å². The van der Waals surface area contributed by atoms with Gasteiger partial charge in [-0.25, -0.2) is 0 Å². The standard InChI is InChI=1S/C9H12N2S/c1-6-9(12)10-5-8(11-6)7-3-2-4-7/h5,7H,2-4H2,1H3,(H,10,12). The van der Waals surface area contributed by atoms with Crippen LogP contribution in [0.4, 0.5) is 0 Å². The Bertz CT molecular complexity index is 339. The zero-order valence-corrected chi connectivity index (χ0v) is 7.95. The molecular formula is C9H12N2S. The van der Waals surface area contributed by atoms with Crippen LogP contribution in [0.5, 0.6) is 0 Å². The van der Waals surface area contributed by atoms with E-state index in [9.17, 15) is 0 Å². The number of nitrogens with zero attached hydrogens (tertiary/aromatic N) is 1. The maximum atomic E-state index is 5.04. The first kappa shape index (κ1) is 7.92. The average Bonchev–Trinajstić information content (AvgIpc) is 1.93. The van der Waals surface area contributed by atoms with Crippen LogP contribution in [0, 0.1) is 11.6 Å². The van der Waals surface area contributed by atoms with Gasteiger partial charge in [-0.3, -0.25) is 4.98 Å². The molecule has 0 bridgehead atoms. The molecule has 1 aromatic rings. The van der Waals surface area contributed by atoms with Crippen molar-refractivity contribution in [3.63, 3.8) is 0 Å². The van der Waals surface area contributed by atoms with Gasteiger partial charge in [0.15, 0.2) is 0 Å². The van der Waals surface area contributed by atoms with E-state index >= 15 is 0 Å². The van der Waals surface area contributed by atoms with Crippen molar-refractivity contribution in [2.75, 3.05) is 0 Å². The van der Waals surface area contributed by atoms with Crippen LogP contribution >= 0.6 is 12.2 Å². The third-order valence-electron chi connectivity index (χ3n) is 2.50. The Balaban J connectivity index is 2.33. The van der Waals surface area contributed by atoms with Crippen LogP contribution in [0.25, 0.3) is 0 Å². The fourth-order valence-electron chi connectivity index (χ4n) is 1.43. The van der Waals surface area contributed by atoms with Crippen molar-refractivity contribution in [2.45, 2.75) is 32.1 Å². The van der Waals surface area contributed by atoms with E-state index in [0.717, 1.165) is 10.3 Å². The molecule has 64 valence electrons. The summed E-state index contributed by atoms with van der Waals surface area (Å²) in [5.41, 5.74) is 2.14. The maximum absolute atomic E-state index is 5.04. The highest BCUT2D eigenvalue weighted by Crippen LogP contribution is 2.34. The quantitative estimate of drug-likeness (QED) is 0.673. The van der Waals surface area contributed by atoms with Crippen LogP contribution in [0.2, 0.25) is 0 Å². The Morgan fingerprint density at radius 2 is 2.33 bits per heavy atom. The van der Waals surface area contributed by atoms with E-state index in [4.69, 9.17) is 12.2 Å². The highest BCUT2D eigenvalue weighted by atomic mass is 32.1. The van der Waals surface area contributed by atoms with Gasteiger partial charge < -0.3 is 4.98 Å². The summed E-state index contributed by atoms with van der Waals surface area (Å²) in [7, 11) is 0. The summed E-state index contributed by atoms with van der Waals surface area (Å²) in [6.07, 6.45) is 5.88. The van der Waals surface area contributed by atoms with Gasteiger partial charge in [-0.1, -0.05) is 18.6 Å². The highest BCUT2D eigenvalue weighted by molar-refractivity contribution is 7.71. The molecule has 1 fully saturated rings. The van der Waals surface area contributed by atoms with Crippen LogP contribution < -0.4 is 0 Å². The number of aryl methyl sites for hydroxylation is 1. The van der Waals surface area contributed by atoms with Crippen molar-refractivity contribution in [1.82, 2.24) is 9.97 Å². The second kappa shape index (κ2) is 2.98. The molecule has 0 unspecified atom stereocenters. The smallest absolute Gasteiger partial charge is 0.124 e. The molecule has 1 aromatic heterocycles. The molecule has 1 aliphatic carbocycles.